The molecule has 25 heavy (non-hydrogen) atoms. The molecule has 0 radical (unpaired) electrons. The Labute approximate surface area is 148 Å². The molecule has 0 aromatic carbocycles. The third-order valence-corrected chi connectivity index (χ3v) is 5.62. The van der Waals surface area contributed by atoms with Gasteiger partial charge in [-0.2, -0.15) is 5.10 Å². The summed E-state index contributed by atoms with van der Waals surface area (Å²) in [5, 5.41) is 6.09. The second kappa shape index (κ2) is 7.12. The van der Waals surface area contributed by atoms with Gasteiger partial charge in [-0.1, -0.05) is 0 Å². The summed E-state index contributed by atoms with van der Waals surface area (Å²) in [5.74, 6) is 0. The largest absolute Gasteiger partial charge is 0.307 e. The van der Waals surface area contributed by atoms with E-state index in [9.17, 15) is 4.79 Å². The molecule has 0 amide bonds. The highest BCUT2D eigenvalue weighted by Gasteiger charge is 2.33. The highest BCUT2D eigenvalue weighted by atomic mass is 16.1. The summed E-state index contributed by atoms with van der Waals surface area (Å²) in [6, 6.07) is 0.911. The van der Waals surface area contributed by atoms with Crippen LogP contribution in [0.2, 0.25) is 0 Å². The van der Waals surface area contributed by atoms with Gasteiger partial charge in [-0.3, -0.25) is 14.4 Å². The molecule has 136 valence electrons. The number of likely N-dealkylation sites (tertiary alicyclic amines) is 1. The molecular weight excluding hydrogens is 316 g/mol. The maximum atomic E-state index is 12.4. The van der Waals surface area contributed by atoms with Crippen LogP contribution in [0.1, 0.15) is 62.4 Å². The number of nitrogens with one attached hydrogen (secondary N) is 1. The van der Waals surface area contributed by atoms with Crippen molar-refractivity contribution in [2.45, 2.75) is 64.5 Å². The Hall–Kier alpha value is -1.95. The number of hydrogen-bond acceptors (Lipinski definition) is 4. The summed E-state index contributed by atoms with van der Waals surface area (Å²) in [7, 11) is 1.95. The molecule has 1 aliphatic heterocycles. The van der Waals surface area contributed by atoms with Gasteiger partial charge in [-0.25, -0.2) is 0 Å². The van der Waals surface area contributed by atoms with Crippen molar-refractivity contribution in [3.8, 4) is 0 Å². The minimum Gasteiger partial charge on any atom is -0.307 e. The molecule has 0 unspecified atom stereocenters. The molecule has 0 spiro atoms. The number of aromatic amines is 1. The molecule has 4 rings (SSSR count). The van der Waals surface area contributed by atoms with Gasteiger partial charge in [0.05, 0.1) is 11.7 Å². The van der Waals surface area contributed by atoms with Gasteiger partial charge in [-0.15, -0.1) is 0 Å². The van der Waals surface area contributed by atoms with Gasteiger partial charge in [0, 0.05) is 24.0 Å². The van der Waals surface area contributed by atoms with E-state index in [1.54, 1.807) is 0 Å². The van der Waals surface area contributed by atoms with Gasteiger partial charge >= 0.3 is 0 Å². The van der Waals surface area contributed by atoms with Crippen LogP contribution in [-0.4, -0.2) is 39.0 Å². The van der Waals surface area contributed by atoms with Crippen LogP contribution in [0.5, 0.6) is 0 Å². The van der Waals surface area contributed by atoms with E-state index in [-0.39, 0.29) is 5.56 Å². The van der Waals surface area contributed by atoms with E-state index >= 15 is 0 Å². The Morgan fingerprint density at radius 3 is 2.52 bits per heavy atom. The highest BCUT2D eigenvalue weighted by molar-refractivity contribution is 5.84. The van der Waals surface area contributed by atoms with E-state index in [2.05, 4.69) is 23.7 Å². The fourth-order valence-corrected chi connectivity index (χ4v) is 4.53. The van der Waals surface area contributed by atoms with Gasteiger partial charge < -0.3 is 9.78 Å². The molecular formula is C19H28N4O2. The van der Waals surface area contributed by atoms with E-state index in [0.29, 0.717) is 12.1 Å². The Morgan fingerprint density at radius 1 is 1.16 bits per heavy atom. The second-order valence-corrected chi connectivity index (χ2v) is 7.34. The van der Waals surface area contributed by atoms with Crippen LogP contribution in [0.15, 0.2) is 4.79 Å². The third kappa shape index (κ3) is 2.92. The summed E-state index contributed by atoms with van der Waals surface area (Å²) < 4.78 is 1.87. The fourth-order valence-electron chi connectivity index (χ4n) is 4.53. The first-order chi connectivity index (χ1) is 12.1. The van der Waals surface area contributed by atoms with E-state index in [0.717, 1.165) is 43.4 Å². The standard InChI is InChI=1S/C18H26N4O.CH2O/c1-11(2)22-10-6-9-14(22)16-15-12-7-4-5-8-13(12)18(23)19-17(15)21(3)20-16;1-2/h11,14H,4-10H2,1-3H3,(H,19,23);1H2/t14-;/m0./s1. The highest BCUT2D eigenvalue weighted by Crippen LogP contribution is 2.38. The lowest BCUT2D eigenvalue weighted by atomic mass is 9.89. The maximum Gasteiger partial charge on any atom is 0.253 e. The van der Waals surface area contributed by atoms with E-state index in [1.807, 2.05) is 18.5 Å². The molecule has 0 saturated carbocycles. The van der Waals surface area contributed by atoms with Crippen molar-refractivity contribution in [1.29, 1.82) is 0 Å². The minimum absolute atomic E-state index is 0.0916. The van der Waals surface area contributed by atoms with Crippen molar-refractivity contribution in [3.05, 3.63) is 27.2 Å². The first-order valence-corrected chi connectivity index (χ1v) is 9.23. The lowest BCUT2D eigenvalue weighted by Crippen LogP contribution is -2.30. The van der Waals surface area contributed by atoms with Crippen LogP contribution in [0.3, 0.4) is 0 Å². The summed E-state index contributed by atoms with van der Waals surface area (Å²) in [5.41, 5.74) is 4.46. The zero-order chi connectivity index (χ0) is 18.1. The second-order valence-electron chi connectivity index (χ2n) is 7.34. The topological polar surface area (TPSA) is 71.0 Å². The number of H-pyrrole nitrogens is 1. The Bertz CT molecular complexity index is 821. The Kier molecular flexibility index (Phi) is 5.08. The quantitative estimate of drug-likeness (QED) is 0.909. The molecule has 1 fully saturated rings. The predicted molar refractivity (Wildman–Crippen MR) is 98.9 cm³/mol. The molecule has 1 N–H and O–H groups in total. The van der Waals surface area contributed by atoms with Crippen LogP contribution >= 0.6 is 0 Å². The number of hydrogen-bond donors (Lipinski definition) is 1. The summed E-state index contributed by atoms with van der Waals surface area (Å²) in [6.07, 6.45) is 6.62. The van der Waals surface area contributed by atoms with Crippen LogP contribution in [0, 0.1) is 0 Å². The normalized spacial score (nSPS) is 20.6. The Morgan fingerprint density at radius 2 is 1.84 bits per heavy atom. The average molecular weight is 344 g/mol. The summed E-state index contributed by atoms with van der Waals surface area (Å²) >= 11 is 0. The average Bonchev–Trinajstić information content (AvgIpc) is 3.22. The molecule has 1 atom stereocenters. The smallest absolute Gasteiger partial charge is 0.253 e. The zero-order valence-corrected chi connectivity index (χ0v) is 15.5. The summed E-state index contributed by atoms with van der Waals surface area (Å²) in [4.78, 5) is 26.1. The van der Waals surface area contributed by atoms with Gasteiger partial charge in [0.1, 0.15) is 12.4 Å². The summed E-state index contributed by atoms with van der Waals surface area (Å²) in [6.45, 7) is 7.67. The van der Waals surface area contributed by atoms with Gasteiger partial charge in [-0.05, 0) is 64.5 Å². The van der Waals surface area contributed by atoms with Crippen molar-refractivity contribution in [2.75, 3.05) is 6.54 Å². The van der Waals surface area contributed by atoms with Crippen LogP contribution in [0.25, 0.3) is 11.0 Å². The van der Waals surface area contributed by atoms with Gasteiger partial charge in [0.15, 0.2) is 0 Å². The van der Waals surface area contributed by atoms with Gasteiger partial charge in [0.25, 0.3) is 5.56 Å². The number of nitrogens with zero attached hydrogens (tertiary/aromatic N) is 3. The van der Waals surface area contributed by atoms with Crippen LogP contribution < -0.4 is 5.56 Å². The minimum atomic E-state index is 0.0916. The molecule has 0 bridgehead atoms. The first-order valence-electron chi connectivity index (χ1n) is 9.23. The molecule has 2 aromatic heterocycles. The maximum absolute atomic E-state index is 12.4. The molecule has 1 saturated heterocycles. The number of rotatable bonds is 2. The predicted octanol–water partition coefficient (Wildman–Crippen LogP) is 2.50. The van der Waals surface area contributed by atoms with Crippen molar-refractivity contribution >= 4 is 17.8 Å². The van der Waals surface area contributed by atoms with Gasteiger partial charge in [0.2, 0.25) is 0 Å². The zero-order valence-electron chi connectivity index (χ0n) is 15.5. The monoisotopic (exact) mass is 344 g/mol. The lowest BCUT2D eigenvalue weighted by Gasteiger charge is -2.27. The molecule has 1 aliphatic carbocycles. The van der Waals surface area contributed by atoms with E-state index in [1.165, 1.54) is 29.5 Å². The number of aromatic nitrogens is 3. The third-order valence-electron chi connectivity index (χ3n) is 5.62. The number of carbonyl (C=O) groups excluding carboxylic acids is 1. The number of carbonyl (C=O) groups is 1. The molecule has 3 heterocycles. The number of pyridine rings is 1. The molecule has 6 nitrogen and oxygen atoms in total. The molecule has 6 heteroatoms. The lowest BCUT2D eigenvalue weighted by molar-refractivity contribution is -0.0979. The number of fused-ring (bicyclic) bond motifs is 3. The van der Waals surface area contributed by atoms with E-state index in [4.69, 9.17) is 9.89 Å². The van der Waals surface area contributed by atoms with Crippen molar-refractivity contribution < 1.29 is 4.79 Å². The van der Waals surface area contributed by atoms with E-state index < -0.39 is 0 Å². The van der Waals surface area contributed by atoms with Crippen LogP contribution in [0.4, 0.5) is 0 Å². The molecule has 2 aromatic rings. The Balaban J connectivity index is 0.000000880. The molecule has 2 aliphatic rings. The number of aryl methyl sites for hydroxylation is 2. The van der Waals surface area contributed by atoms with Crippen molar-refractivity contribution in [2.24, 2.45) is 7.05 Å². The van der Waals surface area contributed by atoms with Crippen LogP contribution in [-0.2, 0) is 24.7 Å². The van der Waals surface area contributed by atoms with Crippen molar-refractivity contribution in [3.63, 3.8) is 0 Å². The first kappa shape index (κ1) is 17.9. The SMILES string of the molecule is C=O.CC(C)N1CCC[C@H]1c1nn(C)c2[nH]c(=O)c3c(c12)CCCC3. The fraction of sp³-hybridized carbons (Fsp3) is 0.632. The van der Waals surface area contributed by atoms with Crippen molar-refractivity contribution in [1.82, 2.24) is 19.7 Å².